The molecule has 4 unspecified atom stereocenters. The van der Waals surface area contributed by atoms with Crippen molar-refractivity contribution in [3.05, 3.63) is 47.6 Å². The summed E-state index contributed by atoms with van der Waals surface area (Å²) in [4.78, 5) is 72.0. The Morgan fingerprint density at radius 3 is 2.27 bits per heavy atom. The highest BCUT2D eigenvalue weighted by Crippen LogP contribution is 2.45. The van der Waals surface area contributed by atoms with Crippen LogP contribution in [0.2, 0.25) is 0 Å². The Bertz CT molecular complexity index is 1790. The zero-order valence-electron chi connectivity index (χ0n) is 39.5. The number of carbonyl (C=O) groups is 5. The van der Waals surface area contributed by atoms with E-state index >= 15 is 0 Å². The molecule has 5 aliphatic rings. The Morgan fingerprint density at radius 2 is 1.58 bits per heavy atom. The SMILES string of the molecule is COC1CC2CC[C@@H](C)[C@@](O)(O2)C(=O)C(=O)N2CCC[C@@H]3C(C[C@@H]4CC[C@@H](O)[C@H](OC)C4)[C@H](CC(=O)C(C)/C=C(\C)[C@@H](O)[C@@H](OC)C(=O)[C@H](C)C[C@H](C)/C=C/C=C/C=C/1C)OC(=O)[C@H]32. The summed E-state index contributed by atoms with van der Waals surface area (Å²) in [6, 6.07) is -1.12. The molecule has 1 saturated carbocycles. The van der Waals surface area contributed by atoms with E-state index in [-0.39, 0.29) is 42.5 Å². The van der Waals surface area contributed by atoms with Gasteiger partial charge in [-0.2, -0.15) is 0 Å². The van der Waals surface area contributed by atoms with E-state index in [9.17, 15) is 39.3 Å². The Hall–Kier alpha value is -3.37. The summed E-state index contributed by atoms with van der Waals surface area (Å²) >= 11 is 0. The number of carbonyl (C=O) groups excluding carboxylic acids is 5. The number of rotatable bonds is 5. The number of nitrogens with zero attached hydrogens (tertiary/aromatic N) is 1. The van der Waals surface area contributed by atoms with Gasteiger partial charge in [-0.25, -0.2) is 4.79 Å². The number of fused-ring (bicyclic) bond motifs is 4. The molecule has 4 heterocycles. The number of aliphatic hydroxyl groups is 3. The lowest BCUT2D eigenvalue weighted by atomic mass is 9.68. The summed E-state index contributed by atoms with van der Waals surface area (Å²) in [7, 11) is 4.52. The fourth-order valence-electron chi connectivity index (χ4n) is 10.9. The van der Waals surface area contributed by atoms with Crippen LogP contribution < -0.4 is 0 Å². The number of ketones is 3. The molecule has 14 nitrogen and oxygen atoms in total. The third-order valence-electron chi connectivity index (χ3n) is 14.9. The van der Waals surface area contributed by atoms with E-state index in [0.717, 1.165) is 5.57 Å². The molecule has 0 radical (unpaired) electrons. The molecule has 4 fully saturated rings. The number of hydrogen-bond donors (Lipinski definition) is 3. The smallest absolute Gasteiger partial charge is 0.329 e. The van der Waals surface area contributed by atoms with E-state index in [2.05, 4.69) is 0 Å². The maximum Gasteiger partial charge on any atom is 0.329 e. The van der Waals surface area contributed by atoms with Gasteiger partial charge >= 0.3 is 5.97 Å². The molecule has 4 bridgehead atoms. The lowest BCUT2D eigenvalue weighted by Crippen LogP contribution is -2.65. The Labute approximate surface area is 379 Å². The van der Waals surface area contributed by atoms with Crippen molar-refractivity contribution in [3.63, 3.8) is 0 Å². The predicted molar refractivity (Wildman–Crippen MR) is 238 cm³/mol. The van der Waals surface area contributed by atoms with Crippen molar-refractivity contribution in [2.75, 3.05) is 27.9 Å². The average molecular weight is 898 g/mol. The number of esters is 1. The molecule has 14 heteroatoms. The molecule has 0 aromatic heterocycles. The van der Waals surface area contributed by atoms with E-state index in [1.54, 1.807) is 41.1 Å². The Morgan fingerprint density at radius 1 is 0.844 bits per heavy atom. The minimum absolute atomic E-state index is 0.0231. The van der Waals surface area contributed by atoms with Gasteiger partial charge in [-0.1, -0.05) is 64.2 Å². The van der Waals surface area contributed by atoms with Crippen molar-refractivity contribution in [2.24, 2.45) is 41.4 Å². The van der Waals surface area contributed by atoms with Crippen molar-refractivity contribution in [3.8, 4) is 0 Å². The fraction of sp³-hybridized carbons (Fsp3) is 0.740. The molecule has 0 aromatic rings. The van der Waals surface area contributed by atoms with Gasteiger partial charge in [0, 0.05) is 64.4 Å². The van der Waals surface area contributed by atoms with Gasteiger partial charge in [0.05, 0.1) is 24.4 Å². The van der Waals surface area contributed by atoms with Crippen LogP contribution in [-0.4, -0.2) is 132 Å². The summed E-state index contributed by atoms with van der Waals surface area (Å²) in [5.74, 6) is -8.43. The van der Waals surface area contributed by atoms with Crippen LogP contribution in [0.15, 0.2) is 47.6 Å². The lowest BCUT2D eigenvalue weighted by molar-refractivity contribution is -0.266. The van der Waals surface area contributed by atoms with Crippen LogP contribution in [0.1, 0.15) is 112 Å². The van der Waals surface area contributed by atoms with Crippen molar-refractivity contribution in [2.45, 2.75) is 167 Å². The molecule has 358 valence electrons. The van der Waals surface area contributed by atoms with Gasteiger partial charge in [0.15, 0.2) is 5.78 Å². The summed E-state index contributed by atoms with van der Waals surface area (Å²) in [6.45, 7) is 10.9. The monoisotopic (exact) mass is 898 g/mol. The van der Waals surface area contributed by atoms with Crippen LogP contribution in [0.5, 0.6) is 0 Å². The standard InChI is InChI=1S/C50H75NO13/c1-28-14-11-10-12-15-29(2)40(60-7)26-35-19-17-33(6)50(59,64-35)47(56)48(57)51-21-13-16-36-37(24-34-18-20-38(52)42(25-34)61-8)41(63-49(58)43(36)51)27-39(53)30(3)23-32(5)45(55)46(62-9)44(54)31(4)22-28/h10-12,14-15,23,28,30-31,33-38,40-43,45-46,52,55,59H,13,16-22,24-27H2,1-9H3/b12-10+,14-11+,29-15+,32-23+/t28-,30?,31-,33-,34+,35?,36-,37?,38-,40?,41+,42-,43+,45-,46+,50-/m1/s1. The van der Waals surface area contributed by atoms with Gasteiger partial charge in [-0.05, 0) is 101 Å². The molecule has 4 aliphatic heterocycles. The summed E-state index contributed by atoms with van der Waals surface area (Å²) in [5.41, 5.74) is 1.28. The molecule has 5 rings (SSSR count). The summed E-state index contributed by atoms with van der Waals surface area (Å²) in [6.07, 6.45) is 10.8. The topological polar surface area (TPSA) is 195 Å². The first-order valence-electron chi connectivity index (χ1n) is 23.5. The van der Waals surface area contributed by atoms with E-state index in [1.165, 1.54) is 12.0 Å². The number of hydrogen-bond acceptors (Lipinski definition) is 13. The highest BCUT2D eigenvalue weighted by molar-refractivity contribution is 6.39. The normalized spacial score (nSPS) is 43.2. The van der Waals surface area contributed by atoms with Gasteiger partial charge in [-0.3, -0.25) is 19.2 Å². The zero-order chi connectivity index (χ0) is 47.0. The molecule has 0 spiro atoms. The van der Waals surface area contributed by atoms with E-state index in [4.69, 9.17) is 23.7 Å². The van der Waals surface area contributed by atoms with E-state index in [1.807, 2.05) is 51.2 Å². The molecule has 1 aliphatic carbocycles. The number of ether oxygens (including phenoxy) is 5. The number of allylic oxidation sites excluding steroid dienone is 6. The van der Waals surface area contributed by atoms with Gasteiger partial charge < -0.3 is 43.9 Å². The third kappa shape index (κ3) is 12.0. The first-order chi connectivity index (χ1) is 30.3. The Kier molecular flexibility index (Phi) is 18.5. The molecule has 16 atom stereocenters. The summed E-state index contributed by atoms with van der Waals surface area (Å²) in [5, 5.41) is 34.1. The molecule has 3 saturated heterocycles. The van der Waals surface area contributed by atoms with Crippen LogP contribution in [0.3, 0.4) is 0 Å². The molecule has 64 heavy (non-hydrogen) atoms. The number of Topliss-reactive ketones (excluding diaryl/α,β-unsaturated/α-hetero) is 3. The molecular formula is C50H75NO13. The fourth-order valence-corrected chi connectivity index (χ4v) is 10.9. The number of methoxy groups -OCH3 is 3. The second-order valence-electron chi connectivity index (χ2n) is 19.5. The van der Waals surface area contributed by atoms with E-state index < -0.39 is 95.7 Å². The lowest BCUT2D eigenvalue weighted by Gasteiger charge is -2.50. The van der Waals surface area contributed by atoms with Gasteiger partial charge in [0.1, 0.15) is 30.1 Å². The van der Waals surface area contributed by atoms with Crippen molar-refractivity contribution in [1.29, 1.82) is 0 Å². The average Bonchev–Trinajstić information content (AvgIpc) is 3.27. The minimum Gasteiger partial charge on any atom is -0.460 e. The Balaban J connectivity index is 1.51. The van der Waals surface area contributed by atoms with Crippen LogP contribution in [0.25, 0.3) is 0 Å². The predicted octanol–water partition coefficient (Wildman–Crippen LogP) is 5.40. The number of aliphatic hydroxyl groups excluding tert-OH is 2. The van der Waals surface area contributed by atoms with Crippen LogP contribution in [-0.2, 0) is 47.7 Å². The molecule has 3 N–H and O–H groups in total. The second kappa shape index (κ2) is 22.9. The molecule has 0 aromatic carbocycles. The first-order valence-corrected chi connectivity index (χ1v) is 23.5. The highest BCUT2D eigenvalue weighted by Gasteiger charge is 2.57. The van der Waals surface area contributed by atoms with Crippen molar-refractivity contribution < 1.29 is 63.0 Å². The quantitative estimate of drug-likeness (QED) is 0.181. The molecular weight excluding hydrogens is 823 g/mol. The zero-order valence-corrected chi connectivity index (χ0v) is 39.5. The minimum atomic E-state index is -2.43. The molecule has 1 amide bonds. The number of piperidine rings is 1. The van der Waals surface area contributed by atoms with Crippen molar-refractivity contribution in [1.82, 2.24) is 4.90 Å². The van der Waals surface area contributed by atoms with Gasteiger partial charge in [0.25, 0.3) is 11.7 Å². The van der Waals surface area contributed by atoms with E-state index in [0.29, 0.717) is 69.8 Å². The van der Waals surface area contributed by atoms with Crippen molar-refractivity contribution >= 4 is 29.2 Å². The summed E-state index contributed by atoms with van der Waals surface area (Å²) < 4.78 is 29.4. The largest absolute Gasteiger partial charge is 0.460 e. The van der Waals surface area contributed by atoms with Gasteiger partial charge in [-0.15, -0.1) is 0 Å². The van der Waals surface area contributed by atoms with Crippen LogP contribution >= 0.6 is 0 Å². The first kappa shape index (κ1) is 51.6. The maximum absolute atomic E-state index is 14.4. The second-order valence-corrected chi connectivity index (χ2v) is 19.5. The van der Waals surface area contributed by atoms with Crippen LogP contribution in [0, 0.1) is 41.4 Å². The van der Waals surface area contributed by atoms with Gasteiger partial charge in [0.2, 0.25) is 5.79 Å². The third-order valence-corrected chi connectivity index (χ3v) is 14.9. The highest BCUT2D eigenvalue weighted by atomic mass is 16.6. The van der Waals surface area contributed by atoms with Crippen LogP contribution in [0.4, 0.5) is 0 Å². The maximum atomic E-state index is 14.4. The number of amides is 1.